The van der Waals surface area contributed by atoms with Crippen molar-refractivity contribution < 1.29 is 33.6 Å². The molecule has 0 radical (unpaired) electrons. The van der Waals surface area contributed by atoms with E-state index in [-0.39, 0.29) is 24.5 Å². The zero-order valence-electron chi connectivity index (χ0n) is 27.3. The summed E-state index contributed by atoms with van der Waals surface area (Å²) in [4.78, 5) is 21.6. The van der Waals surface area contributed by atoms with Crippen LogP contribution >= 0.6 is 0 Å². The Kier molecular flexibility index (Phi) is 7.39. The van der Waals surface area contributed by atoms with E-state index in [1.165, 1.54) is 16.6 Å². The van der Waals surface area contributed by atoms with Crippen molar-refractivity contribution in [1.82, 2.24) is 10.3 Å². The van der Waals surface area contributed by atoms with Crippen molar-refractivity contribution in [2.24, 2.45) is 16.3 Å². The van der Waals surface area contributed by atoms with Gasteiger partial charge in [0.2, 0.25) is 5.91 Å². The number of aromatic amines is 1. The molecular formula is C35H47N3O7. The fourth-order valence-corrected chi connectivity index (χ4v) is 9.52. The van der Waals surface area contributed by atoms with Crippen molar-refractivity contribution in [3.8, 4) is 0 Å². The van der Waals surface area contributed by atoms with Crippen LogP contribution in [0, 0.1) is 11.3 Å². The topological polar surface area (TPSA) is 124 Å². The van der Waals surface area contributed by atoms with Gasteiger partial charge in [0.05, 0.1) is 37.2 Å². The molecule has 3 N–H and O–H groups in total. The molecule has 1 spiro atoms. The predicted octanol–water partition coefficient (Wildman–Crippen LogP) is 3.60. The predicted molar refractivity (Wildman–Crippen MR) is 169 cm³/mol. The number of para-hydroxylation sites is 1. The number of methoxy groups -OCH3 is 2. The van der Waals surface area contributed by atoms with E-state index >= 15 is 0 Å². The van der Waals surface area contributed by atoms with Crippen molar-refractivity contribution in [3.63, 3.8) is 0 Å². The van der Waals surface area contributed by atoms with Crippen LogP contribution in [0.25, 0.3) is 10.9 Å². The van der Waals surface area contributed by atoms with Crippen LogP contribution < -0.4 is 5.32 Å². The number of aliphatic hydroxyl groups is 1. The minimum absolute atomic E-state index is 0.171. The maximum atomic E-state index is 13.6. The number of carbonyl (C=O) groups is 1. The molecule has 244 valence electrons. The maximum absolute atomic E-state index is 13.6. The number of rotatable bonds is 9. The second-order valence-electron chi connectivity index (χ2n) is 14.4. The quantitative estimate of drug-likeness (QED) is 0.366. The van der Waals surface area contributed by atoms with Crippen LogP contribution in [0.3, 0.4) is 0 Å². The number of nitrogens with one attached hydrogen (secondary N) is 2. The van der Waals surface area contributed by atoms with Gasteiger partial charge >= 0.3 is 0 Å². The number of aliphatic imine (C=N–C) groups is 1. The standard InChI is InChI=1S/C35H47N3O7/c1-31(2)30-25(36-13-15-41-5)19-26-34(44-30,45-31)12-11-32(3)33(4)21(17-23-22-9-7-8-10-24(22)38-29(23)33)18-27(35(26,32)40)43-20-28(39)37-14-16-42-6/h7-10,19,21,27,30,38,40H,11-18,20H2,1-6H3,(H,37,39)/t21-,27+,30+,32-,33-,34?,35+/m1/s1. The van der Waals surface area contributed by atoms with Gasteiger partial charge in [0, 0.05) is 60.2 Å². The summed E-state index contributed by atoms with van der Waals surface area (Å²) >= 11 is 0. The first-order chi connectivity index (χ1) is 21.4. The van der Waals surface area contributed by atoms with E-state index in [1.54, 1.807) is 14.2 Å². The van der Waals surface area contributed by atoms with E-state index < -0.39 is 33.9 Å². The number of hydrogen-bond acceptors (Lipinski definition) is 8. The summed E-state index contributed by atoms with van der Waals surface area (Å²) < 4.78 is 30.6. The second-order valence-corrected chi connectivity index (χ2v) is 14.4. The zero-order valence-corrected chi connectivity index (χ0v) is 27.3. The highest BCUT2D eigenvalue weighted by molar-refractivity contribution is 6.02. The van der Waals surface area contributed by atoms with Gasteiger partial charge in [-0.3, -0.25) is 9.79 Å². The highest BCUT2D eigenvalue weighted by Crippen LogP contribution is 2.72. The van der Waals surface area contributed by atoms with E-state index in [1.807, 2.05) is 19.9 Å². The Bertz CT molecular complexity index is 1570. The average Bonchev–Trinajstić information content (AvgIpc) is 3.59. The van der Waals surface area contributed by atoms with E-state index in [4.69, 9.17) is 28.7 Å². The van der Waals surface area contributed by atoms with Crippen molar-refractivity contribution in [3.05, 3.63) is 47.2 Å². The van der Waals surface area contributed by atoms with Crippen LogP contribution in [0.15, 0.2) is 40.9 Å². The molecule has 1 aromatic heterocycles. The van der Waals surface area contributed by atoms with Gasteiger partial charge < -0.3 is 39.1 Å². The van der Waals surface area contributed by atoms with Crippen molar-refractivity contribution in [2.75, 3.05) is 47.1 Å². The lowest BCUT2D eigenvalue weighted by atomic mass is 9.41. The van der Waals surface area contributed by atoms with E-state index in [2.05, 4.69) is 48.4 Å². The third-order valence-electron chi connectivity index (χ3n) is 11.9. The molecular weight excluding hydrogens is 574 g/mol. The Balaban J connectivity index is 1.36. The molecule has 10 heteroatoms. The van der Waals surface area contributed by atoms with Gasteiger partial charge in [-0.05, 0) is 56.7 Å². The van der Waals surface area contributed by atoms with Gasteiger partial charge in [0.15, 0.2) is 5.79 Å². The average molecular weight is 622 g/mol. The number of nitrogens with zero attached hydrogens (tertiary/aromatic N) is 1. The Morgan fingerprint density at radius 1 is 1.13 bits per heavy atom. The Morgan fingerprint density at radius 2 is 1.91 bits per heavy atom. The summed E-state index contributed by atoms with van der Waals surface area (Å²) in [5, 5.41) is 17.7. The first-order valence-corrected chi connectivity index (χ1v) is 16.3. The summed E-state index contributed by atoms with van der Waals surface area (Å²) in [5.41, 5.74) is 1.69. The number of benzene rings is 1. The molecule has 5 aliphatic rings. The lowest BCUT2D eigenvalue weighted by molar-refractivity contribution is -0.278. The first-order valence-electron chi connectivity index (χ1n) is 16.3. The highest BCUT2D eigenvalue weighted by Gasteiger charge is 2.77. The van der Waals surface area contributed by atoms with Crippen molar-refractivity contribution >= 4 is 22.5 Å². The number of fused-ring (bicyclic) bond motifs is 9. The number of ether oxygens (including phenoxy) is 5. The van der Waals surface area contributed by atoms with Gasteiger partial charge in [-0.25, -0.2) is 0 Å². The minimum Gasteiger partial charge on any atom is -0.383 e. The van der Waals surface area contributed by atoms with Gasteiger partial charge in [-0.15, -0.1) is 0 Å². The lowest BCUT2D eigenvalue weighted by Crippen LogP contribution is -2.75. The van der Waals surface area contributed by atoms with Gasteiger partial charge in [0.1, 0.15) is 18.3 Å². The fraction of sp³-hybridized carbons (Fsp3) is 0.657. The minimum atomic E-state index is -1.53. The van der Waals surface area contributed by atoms with Crippen LogP contribution in [-0.2, 0) is 40.3 Å². The Hall–Kier alpha value is -2.60. The Labute approximate surface area is 264 Å². The monoisotopic (exact) mass is 621 g/mol. The van der Waals surface area contributed by atoms with Crippen LogP contribution in [0.4, 0.5) is 0 Å². The molecule has 1 saturated heterocycles. The zero-order chi connectivity index (χ0) is 31.8. The molecule has 3 aliphatic carbocycles. The fourth-order valence-electron chi connectivity index (χ4n) is 9.52. The van der Waals surface area contributed by atoms with Gasteiger partial charge in [0.25, 0.3) is 0 Å². The first kappa shape index (κ1) is 31.0. The molecule has 2 aromatic rings. The molecule has 3 fully saturated rings. The molecule has 2 saturated carbocycles. The molecule has 45 heavy (non-hydrogen) atoms. The van der Waals surface area contributed by atoms with Crippen molar-refractivity contribution in [2.45, 2.75) is 88.0 Å². The summed E-state index contributed by atoms with van der Waals surface area (Å²) in [6.07, 6.45) is 3.64. The SMILES string of the molecule is COCCN=C1C=C2C3(CC[C@]4(C)[C@@]5(C)c6[nH]c7ccccc7c6C[C@@H]5C[C@H](OCC(=O)NCCOC)[C@@]24O)O[C@@H]1C(C)(C)O3. The number of aromatic nitrogens is 1. The largest absolute Gasteiger partial charge is 0.383 e. The lowest BCUT2D eigenvalue weighted by Gasteiger charge is -2.67. The second kappa shape index (κ2) is 10.7. The van der Waals surface area contributed by atoms with E-state index in [9.17, 15) is 9.90 Å². The van der Waals surface area contributed by atoms with E-state index in [0.29, 0.717) is 51.1 Å². The number of amides is 1. The summed E-state index contributed by atoms with van der Waals surface area (Å²) in [7, 11) is 3.26. The third kappa shape index (κ3) is 4.22. The van der Waals surface area contributed by atoms with Gasteiger partial charge in [-0.1, -0.05) is 32.0 Å². The molecule has 1 unspecified atom stereocenters. The molecule has 1 aromatic carbocycles. The van der Waals surface area contributed by atoms with Gasteiger partial charge in [-0.2, -0.15) is 0 Å². The molecule has 3 heterocycles. The molecule has 7 rings (SSSR count). The Morgan fingerprint density at radius 3 is 2.69 bits per heavy atom. The molecule has 10 nitrogen and oxygen atoms in total. The van der Waals surface area contributed by atoms with E-state index in [0.717, 1.165) is 17.6 Å². The molecule has 2 bridgehead atoms. The van der Waals surface area contributed by atoms with Crippen LogP contribution in [0.2, 0.25) is 0 Å². The normalized spacial score (nSPS) is 38.4. The summed E-state index contributed by atoms with van der Waals surface area (Å²) in [6.45, 7) is 10.1. The highest BCUT2D eigenvalue weighted by atomic mass is 16.8. The van der Waals surface area contributed by atoms with Crippen LogP contribution in [0.5, 0.6) is 0 Å². The number of H-pyrrole nitrogens is 1. The smallest absolute Gasteiger partial charge is 0.246 e. The summed E-state index contributed by atoms with van der Waals surface area (Å²) in [6, 6.07) is 8.45. The molecule has 1 amide bonds. The maximum Gasteiger partial charge on any atom is 0.246 e. The summed E-state index contributed by atoms with van der Waals surface area (Å²) in [5.74, 6) is -1.17. The molecule has 7 atom stereocenters. The molecule has 2 aliphatic heterocycles. The number of hydrogen-bond donors (Lipinski definition) is 3. The third-order valence-corrected chi connectivity index (χ3v) is 11.9. The van der Waals surface area contributed by atoms with Crippen LogP contribution in [-0.4, -0.2) is 98.0 Å². The van der Waals surface area contributed by atoms with Crippen LogP contribution in [0.1, 0.15) is 58.2 Å². The van der Waals surface area contributed by atoms with Crippen molar-refractivity contribution in [1.29, 1.82) is 0 Å². The number of carbonyl (C=O) groups excluding carboxylic acids is 1.